The van der Waals surface area contributed by atoms with Crippen LogP contribution in [0, 0.1) is 0 Å². The fourth-order valence-electron chi connectivity index (χ4n) is 0.979. The van der Waals surface area contributed by atoms with Gasteiger partial charge in [-0.15, -0.1) is 0 Å². The second-order valence-corrected chi connectivity index (χ2v) is 2.36. The first kappa shape index (κ1) is 7.56. The summed E-state index contributed by atoms with van der Waals surface area (Å²) in [7, 11) is -0.816. The predicted octanol–water partition coefficient (Wildman–Crippen LogP) is -1.07. The SMILES string of the molecule is CC(=O)NC1CCOB1O. The molecule has 1 unspecified atom stereocenters. The molecule has 1 aliphatic heterocycles. The average Bonchev–Trinajstić information content (AvgIpc) is 2.15. The Morgan fingerprint density at radius 2 is 2.60 bits per heavy atom. The van der Waals surface area contributed by atoms with E-state index in [2.05, 4.69) is 5.32 Å². The Morgan fingerprint density at radius 1 is 1.90 bits per heavy atom. The largest absolute Gasteiger partial charge is 0.478 e. The van der Waals surface area contributed by atoms with Gasteiger partial charge >= 0.3 is 7.12 Å². The third kappa shape index (κ3) is 1.72. The molecule has 0 aromatic heterocycles. The van der Waals surface area contributed by atoms with E-state index in [1.165, 1.54) is 6.92 Å². The lowest BCUT2D eigenvalue weighted by molar-refractivity contribution is -0.119. The van der Waals surface area contributed by atoms with Crippen LogP contribution in [0.5, 0.6) is 0 Å². The highest BCUT2D eigenvalue weighted by molar-refractivity contribution is 6.46. The van der Waals surface area contributed by atoms with E-state index in [1.54, 1.807) is 0 Å². The van der Waals surface area contributed by atoms with Crippen molar-refractivity contribution in [3.63, 3.8) is 0 Å². The highest BCUT2D eigenvalue weighted by Crippen LogP contribution is 2.06. The van der Waals surface area contributed by atoms with Crippen LogP contribution in [0.2, 0.25) is 0 Å². The Kier molecular flexibility index (Phi) is 2.29. The van der Waals surface area contributed by atoms with Crippen molar-refractivity contribution in [2.45, 2.75) is 19.3 Å². The standard InChI is InChI=1S/C5H10BNO3/c1-4(8)7-5-2-3-10-6(5)9/h5,9H,2-3H2,1H3,(H,7,8). The van der Waals surface area contributed by atoms with Crippen molar-refractivity contribution < 1.29 is 14.5 Å². The molecular weight excluding hydrogens is 133 g/mol. The quantitative estimate of drug-likeness (QED) is 0.459. The molecule has 0 spiro atoms. The summed E-state index contributed by atoms with van der Waals surface area (Å²) in [4.78, 5) is 10.5. The predicted molar refractivity (Wildman–Crippen MR) is 36.1 cm³/mol. The minimum absolute atomic E-state index is 0.130. The summed E-state index contributed by atoms with van der Waals surface area (Å²) in [5, 5.41) is 11.6. The van der Waals surface area contributed by atoms with Gasteiger partial charge in [0.05, 0.1) is 5.94 Å². The molecule has 2 N–H and O–H groups in total. The van der Waals surface area contributed by atoms with Crippen molar-refractivity contribution in [1.29, 1.82) is 0 Å². The highest BCUT2D eigenvalue weighted by Gasteiger charge is 2.32. The molecule has 0 radical (unpaired) electrons. The van der Waals surface area contributed by atoms with Crippen LogP contribution in [0.4, 0.5) is 0 Å². The van der Waals surface area contributed by atoms with E-state index < -0.39 is 7.12 Å². The Labute approximate surface area is 59.7 Å². The molecule has 1 aliphatic rings. The number of nitrogens with one attached hydrogen (secondary N) is 1. The van der Waals surface area contributed by atoms with Crippen LogP contribution in [0.15, 0.2) is 0 Å². The third-order valence-electron chi connectivity index (χ3n) is 1.45. The molecule has 0 aliphatic carbocycles. The molecule has 0 saturated carbocycles. The Hall–Kier alpha value is -0.545. The number of rotatable bonds is 1. The van der Waals surface area contributed by atoms with Gasteiger partial charge in [-0.1, -0.05) is 0 Å². The summed E-state index contributed by atoms with van der Waals surface area (Å²) in [5.41, 5.74) is 0. The van der Waals surface area contributed by atoms with Gasteiger partial charge in [0, 0.05) is 13.5 Å². The van der Waals surface area contributed by atoms with Crippen molar-refractivity contribution in [2.24, 2.45) is 0 Å². The van der Waals surface area contributed by atoms with Crippen molar-refractivity contribution in [1.82, 2.24) is 5.32 Å². The maximum atomic E-state index is 10.5. The lowest BCUT2D eigenvalue weighted by atomic mass is 9.80. The zero-order chi connectivity index (χ0) is 7.56. The van der Waals surface area contributed by atoms with Crippen molar-refractivity contribution in [3.05, 3.63) is 0 Å². The van der Waals surface area contributed by atoms with Gasteiger partial charge in [0.25, 0.3) is 0 Å². The van der Waals surface area contributed by atoms with E-state index in [-0.39, 0.29) is 11.8 Å². The number of carbonyl (C=O) groups is 1. The summed E-state index contributed by atoms with van der Waals surface area (Å²) < 4.78 is 4.81. The Morgan fingerprint density at radius 3 is 3.00 bits per heavy atom. The number of carbonyl (C=O) groups excluding carboxylic acids is 1. The second kappa shape index (κ2) is 3.03. The topological polar surface area (TPSA) is 58.6 Å². The minimum atomic E-state index is -0.816. The van der Waals surface area contributed by atoms with Crippen LogP contribution in [-0.4, -0.2) is 30.6 Å². The second-order valence-electron chi connectivity index (χ2n) is 2.36. The van der Waals surface area contributed by atoms with E-state index in [4.69, 9.17) is 9.68 Å². The molecule has 0 bridgehead atoms. The Bertz CT molecular complexity index is 141. The van der Waals surface area contributed by atoms with Gasteiger partial charge in [-0.2, -0.15) is 0 Å². The molecule has 1 amide bonds. The number of hydrogen-bond acceptors (Lipinski definition) is 3. The van der Waals surface area contributed by atoms with E-state index in [0.29, 0.717) is 13.0 Å². The Balaban J connectivity index is 2.33. The average molecular weight is 143 g/mol. The van der Waals surface area contributed by atoms with Gasteiger partial charge in [0.1, 0.15) is 0 Å². The number of hydrogen-bond donors (Lipinski definition) is 2. The van der Waals surface area contributed by atoms with E-state index in [1.807, 2.05) is 0 Å². The van der Waals surface area contributed by atoms with Crippen LogP contribution in [-0.2, 0) is 9.45 Å². The third-order valence-corrected chi connectivity index (χ3v) is 1.45. The summed E-state index contributed by atoms with van der Waals surface area (Å²) in [6.07, 6.45) is 0.695. The summed E-state index contributed by atoms with van der Waals surface area (Å²) in [6, 6.07) is 0. The van der Waals surface area contributed by atoms with Crippen LogP contribution in [0.1, 0.15) is 13.3 Å². The molecule has 0 aromatic carbocycles. The lowest BCUT2D eigenvalue weighted by Crippen LogP contribution is -2.42. The van der Waals surface area contributed by atoms with E-state index in [0.717, 1.165) is 0 Å². The number of amides is 1. The first-order chi connectivity index (χ1) is 4.70. The molecular formula is C5H10BNO3. The smallest absolute Gasteiger partial charge is 0.426 e. The summed E-state index contributed by atoms with van der Waals surface area (Å²) >= 11 is 0. The first-order valence-corrected chi connectivity index (χ1v) is 3.27. The van der Waals surface area contributed by atoms with Gasteiger partial charge in [-0.25, -0.2) is 0 Å². The molecule has 1 atom stereocenters. The van der Waals surface area contributed by atoms with Gasteiger partial charge in [0.2, 0.25) is 5.91 Å². The fraction of sp³-hybridized carbons (Fsp3) is 0.800. The zero-order valence-electron chi connectivity index (χ0n) is 5.83. The minimum Gasteiger partial charge on any atom is -0.426 e. The van der Waals surface area contributed by atoms with Gasteiger partial charge < -0.3 is 15.0 Å². The monoisotopic (exact) mass is 143 g/mol. The van der Waals surface area contributed by atoms with Crippen molar-refractivity contribution in [3.8, 4) is 0 Å². The molecule has 5 heteroatoms. The van der Waals surface area contributed by atoms with E-state index >= 15 is 0 Å². The maximum absolute atomic E-state index is 10.5. The summed E-state index contributed by atoms with van der Waals surface area (Å²) in [5.74, 6) is -0.341. The van der Waals surface area contributed by atoms with Crippen LogP contribution in [0.3, 0.4) is 0 Å². The molecule has 1 heterocycles. The first-order valence-electron chi connectivity index (χ1n) is 3.27. The van der Waals surface area contributed by atoms with Crippen molar-refractivity contribution in [2.75, 3.05) is 6.61 Å². The van der Waals surface area contributed by atoms with Gasteiger partial charge in [-0.05, 0) is 6.42 Å². The normalized spacial score (nSPS) is 25.0. The van der Waals surface area contributed by atoms with Crippen LogP contribution < -0.4 is 5.32 Å². The molecule has 1 saturated heterocycles. The van der Waals surface area contributed by atoms with Crippen molar-refractivity contribution >= 4 is 13.0 Å². The van der Waals surface area contributed by atoms with Crippen LogP contribution >= 0.6 is 0 Å². The highest BCUT2D eigenvalue weighted by atomic mass is 16.5. The zero-order valence-corrected chi connectivity index (χ0v) is 5.83. The van der Waals surface area contributed by atoms with Crippen LogP contribution in [0.25, 0.3) is 0 Å². The van der Waals surface area contributed by atoms with Gasteiger partial charge in [-0.3, -0.25) is 4.79 Å². The molecule has 1 fully saturated rings. The summed E-state index contributed by atoms with van der Waals surface area (Å²) in [6.45, 7) is 1.94. The maximum Gasteiger partial charge on any atom is 0.478 e. The molecule has 0 aromatic rings. The fourth-order valence-corrected chi connectivity index (χ4v) is 0.979. The van der Waals surface area contributed by atoms with E-state index in [9.17, 15) is 4.79 Å². The molecule has 56 valence electrons. The lowest BCUT2D eigenvalue weighted by Gasteiger charge is -2.08. The molecule has 1 rings (SSSR count). The molecule has 4 nitrogen and oxygen atoms in total. The molecule has 10 heavy (non-hydrogen) atoms. The van der Waals surface area contributed by atoms with Gasteiger partial charge in [0.15, 0.2) is 0 Å².